The van der Waals surface area contributed by atoms with E-state index >= 15 is 0 Å². The van der Waals surface area contributed by atoms with Crippen LogP contribution in [0.4, 0.5) is 21.3 Å². The van der Waals surface area contributed by atoms with Crippen LogP contribution in [0.3, 0.4) is 0 Å². The normalized spacial score (nSPS) is 10.4. The summed E-state index contributed by atoms with van der Waals surface area (Å²) in [6, 6.07) is 11.8. The van der Waals surface area contributed by atoms with Gasteiger partial charge in [0.25, 0.3) is 0 Å². The molecule has 0 saturated heterocycles. The molecule has 0 saturated carbocycles. The van der Waals surface area contributed by atoms with Gasteiger partial charge >= 0.3 is 6.03 Å². The number of urea groups is 1. The maximum atomic E-state index is 12.2. The number of aromatic nitrogens is 1. The van der Waals surface area contributed by atoms with Crippen LogP contribution in [0.15, 0.2) is 47.8 Å². The van der Waals surface area contributed by atoms with Crippen LogP contribution in [-0.4, -0.2) is 16.9 Å². The van der Waals surface area contributed by atoms with Crippen molar-refractivity contribution in [3.05, 3.63) is 69.1 Å². The first-order valence-corrected chi connectivity index (χ1v) is 10.4. The summed E-state index contributed by atoms with van der Waals surface area (Å²) < 4.78 is 0. The van der Waals surface area contributed by atoms with E-state index in [1.807, 2.05) is 18.4 Å². The largest absolute Gasteiger partial charge is 0.326 e. The molecule has 2 aromatic carbocycles. The zero-order valence-corrected chi connectivity index (χ0v) is 17.8. The van der Waals surface area contributed by atoms with Crippen LogP contribution in [0.1, 0.15) is 17.7 Å². The average molecular weight is 449 g/mol. The Bertz CT molecular complexity index is 1040. The zero-order chi connectivity index (χ0) is 20.8. The second-order valence-corrected chi connectivity index (χ2v) is 7.90. The van der Waals surface area contributed by atoms with Crippen molar-refractivity contribution in [3.63, 3.8) is 0 Å². The highest BCUT2D eigenvalue weighted by atomic mass is 35.5. The lowest BCUT2D eigenvalue weighted by atomic mass is 10.2. The minimum atomic E-state index is -0.414. The van der Waals surface area contributed by atoms with Gasteiger partial charge in [0.1, 0.15) is 0 Å². The summed E-state index contributed by atoms with van der Waals surface area (Å²) in [6.07, 6.45) is 0.726. The number of nitrogens with zero attached hydrogens (tertiary/aromatic N) is 1. The van der Waals surface area contributed by atoms with Crippen LogP contribution in [0.5, 0.6) is 0 Å². The molecule has 3 aromatic rings. The number of anilines is 3. The number of nitrogens with one attached hydrogen (secondary N) is 3. The van der Waals surface area contributed by atoms with Crippen molar-refractivity contribution in [2.24, 2.45) is 0 Å². The fraction of sp³-hybridized carbons (Fsp3) is 0.150. The molecule has 3 amide bonds. The van der Waals surface area contributed by atoms with Crippen molar-refractivity contribution < 1.29 is 9.59 Å². The van der Waals surface area contributed by atoms with Gasteiger partial charge in [-0.1, -0.05) is 35.3 Å². The number of halogens is 2. The number of aryl methyl sites for hydroxylation is 1. The van der Waals surface area contributed by atoms with E-state index in [1.165, 1.54) is 11.3 Å². The first-order chi connectivity index (χ1) is 13.9. The first-order valence-electron chi connectivity index (χ1n) is 8.73. The molecule has 1 aromatic heterocycles. The van der Waals surface area contributed by atoms with Crippen LogP contribution in [0.25, 0.3) is 0 Å². The number of rotatable bonds is 6. The van der Waals surface area contributed by atoms with E-state index in [1.54, 1.807) is 36.4 Å². The van der Waals surface area contributed by atoms with Gasteiger partial charge < -0.3 is 10.6 Å². The third-order valence-corrected chi connectivity index (χ3v) is 5.46. The van der Waals surface area contributed by atoms with E-state index in [2.05, 4.69) is 20.9 Å². The van der Waals surface area contributed by atoms with Gasteiger partial charge in [0.05, 0.1) is 5.69 Å². The second-order valence-electron chi connectivity index (χ2n) is 6.19. The first kappa shape index (κ1) is 21.1. The molecule has 0 radical (unpaired) electrons. The predicted octanol–water partition coefficient (Wildman–Crippen LogP) is 5.97. The molecule has 0 atom stereocenters. The lowest BCUT2D eigenvalue weighted by Gasteiger charge is -2.09. The van der Waals surface area contributed by atoms with Crippen LogP contribution >= 0.6 is 34.5 Å². The summed E-state index contributed by atoms with van der Waals surface area (Å²) in [5, 5.41) is 11.6. The van der Waals surface area contributed by atoms with E-state index in [-0.39, 0.29) is 12.3 Å². The molecule has 0 aliphatic rings. The Morgan fingerprint density at radius 3 is 2.66 bits per heavy atom. The molecule has 6 nitrogen and oxygen atoms in total. The Morgan fingerprint density at radius 2 is 1.86 bits per heavy atom. The number of thiazole rings is 1. The smallest absolute Gasteiger partial charge is 0.325 e. The number of carbonyl (C=O) groups excluding carboxylic acids is 2. The standard InChI is InChI=1S/C20H18Cl2N4O2S/c1-12-16(22)6-3-7-17(12)25-18(27)9-8-15-11-29-20(24-15)26-19(28)23-14-5-2-4-13(21)10-14/h2-7,10-11H,8-9H2,1H3,(H,25,27)(H2,23,24,26,28). The van der Waals surface area contributed by atoms with Gasteiger partial charge in [-0.3, -0.25) is 10.1 Å². The van der Waals surface area contributed by atoms with Gasteiger partial charge in [-0.2, -0.15) is 0 Å². The Morgan fingerprint density at radius 1 is 1.07 bits per heavy atom. The molecule has 3 rings (SSSR count). The lowest BCUT2D eigenvalue weighted by Crippen LogP contribution is -2.19. The molecule has 0 fully saturated rings. The molecule has 150 valence electrons. The highest BCUT2D eigenvalue weighted by Gasteiger charge is 2.10. The topological polar surface area (TPSA) is 83.1 Å². The summed E-state index contributed by atoms with van der Waals surface area (Å²) in [5.41, 5.74) is 2.83. The molecule has 0 aliphatic heterocycles. The molecule has 0 unspecified atom stereocenters. The van der Waals surface area contributed by atoms with Gasteiger partial charge in [-0.15, -0.1) is 11.3 Å². The highest BCUT2D eigenvalue weighted by Crippen LogP contribution is 2.23. The van der Waals surface area contributed by atoms with Crippen molar-refractivity contribution in [3.8, 4) is 0 Å². The van der Waals surface area contributed by atoms with Crippen molar-refractivity contribution in [1.29, 1.82) is 0 Å². The summed E-state index contributed by atoms with van der Waals surface area (Å²) in [4.78, 5) is 28.6. The number of carbonyl (C=O) groups is 2. The van der Waals surface area contributed by atoms with Crippen molar-refractivity contribution in [2.75, 3.05) is 16.0 Å². The Balaban J connectivity index is 1.49. The van der Waals surface area contributed by atoms with Crippen LogP contribution in [-0.2, 0) is 11.2 Å². The molecule has 0 aliphatic carbocycles. The van der Waals surface area contributed by atoms with Gasteiger partial charge in [0.2, 0.25) is 5.91 Å². The third kappa shape index (κ3) is 6.19. The van der Waals surface area contributed by atoms with Gasteiger partial charge in [0, 0.05) is 33.2 Å². The molecule has 1 heterocycles. The SMILES string of the molecule is Cc1c(Cl)cccc1NC(=O)CCc1csc(NC(=O)Nc2cccc(Cl)c2)n1. The van der Waals surface area contributed by atoms with E-state index in [9.17, 15) is 9.59 Å². The minimum Gasteiger partial charge on any atom is -0.326 e. The second kappa shape index (κ2) is 9.73. The summed E-state index contributed by atoms with van der Waals surface area (Å²) in [7, 11) is 0. The summed E-state index contributed by atoms with van der Waals surface area (Å²) in [6.45, 7) is 1.85. The van der Waals surface area contributed by atoms with Crippen molar-refractivity contribution in [1.82, 2.24) is 4.98 Å². The van der Waals surface area contributed by atoms with E-state index in [0.29, 0.717) is 33.0 Å². The van der Waals surface area contributed by atoms with Crippen LogP contribution < -0.4 is 16.0 Å². The molecule has 0 bridgehead atoms. The summed E-state index contributed by atoms with van der Waals surface area (Å²) >= 11 is 13.3. The minimum absolute atomic E-state index is 0.128. The quantitative estimate of drug-likeness (QED) is 0.433. The fourth-order valence-corrected chi connectivity index (χ4v) is 3.61. The highest BCUT2D eigenvalue weighted by molar-refractivity contribution is 7.13. The average Bonchev–Trinajstić information content (AvgIpc) is 3.11. The molecular weight excluding hydrogens is 431 g/mol. The van der Waals surface area contributed by atoms with Gasteiger partial charge in [0.15, 0.2) is 5.13 Å². The number of benzene rings is 2. The molecular formula is C20H18Cl2N4O2S. The van der Waals surface area contributed by atoms with Crippen LogP contribution in [0, 0.1) is 6.92 Å². The van der Waals surface area contributed by atoms with Crippen LogP contribution in [0.2, 0.25) is 10.0 Å². The predicted molar refractivity (Wildman–Crippen MR) is 119 cm³/mol. The summed E-state index contributed by atoms with van der Waals surface area (Å²) in [5.74, 6) is -0.128. The maximum Gasteiger partial charge on any atom is 0.325 e. The number of amides is 3. The third-order valence-electron chi connectivity index (χ3n) is 4.00. The Hall–Kier alpha value is -2.61. The molecule has 9 heteroatoms. The van der Waals surface area contributed by atoms with E-state index < -0.39 is 6.03 Å². The maximum absolute atomic E-state index is 12.2. The number of hydrogen-bond acceptors (Lipinski definition) is 4. The van der Waals surface area contributed by atoms with Gasteiger partial charge in [-0.05, 0) is 49.2 Å². The number of hydrogen-bond donors (Lipinski definition) is 3. The zero-order valence-electron chi connectivity index (χ0n) is 15.5. The van der Waals surface area contributed by atoms with Gasteiger partial charge in [-0.25, -0.2) is 9.78 Å². The molecule has 3 N–H and O–H groups in total. The fourth-order valence-electron chi connectivity index (χ4n) is 2.50. The molecule has 0 spiro atoms. The molecule has 29 heavy (non-hydrogen) atoms. The van der Waals surface area contributed by atoms with Crippen molar-refractivity contribution >= 4 is 63.0 Å². The Kier molecular flexibility index (Phi) is 7.09. The van der Waals surface area contributed by atoms with Crippen molar-refractivity contribution in [2.45, 2.75) is 19.8 Å². The lowest BCUT2D eigenvalue weighted by molar-refractivity contribution is -0.116. The Labute approximate surface area is 182 Å². The van der Waals surface area contributed by atoms with E-state index in [0.717, 1.165) is 11.3 Å². The van der Waals surface area contributed by atoms with E-state index in [4.69, 9.17) is 23.2 Å². The monoisotopic (exact) mass is 448 g/mol.